The lowest BCUT2D eigenvalue weighted by Crippen LogP contribution is -2.29. The zero-order chi connectivity index (χ0) is 22.9. The topological polar surface area (TPSA) is 131 Å². The highest BCUT2D eigenvalue weighted by Crippen LogP contribution is 2.50. The maximum absolute atomic E-state index is 12.5. The number of methoxy groups -OCH3 is 2. The fraction of sp³-hybridized carbons (Fsp3) is 0.500. The van der Waals surface area contributed by atoms with Gasteiger partial charge in [0.2, 0.25) is 0 Å². The summed E-state index contributed by atoms with van der Waals surface area (Å²) in [6, 6.07) is 1.83. The molecule has 1 unspecified atom stereocenters. The number of aromatic amines is 1. The number of pyridine rings is 2. The molecule has 9 nitrogen and oxygen atoms in total. The van der Waals surface area contributed by atoms with Crippen LogP contribution >= 0.6 is 0 Å². The Morgan fingerprint density at radius 1 is 1.29 bits per heavy atom. The summed E-state index contributed by atoms with van der Waals surface area (Å²) in [6.07, 6.45) is 1.18. The van der Waals surface area contributed by atoms with Gasteiger partial charge in [0.1, 0.15) is 5.75 Å². The SMILES string of the molecule is COCCCOc1cc2c(nc1OC)-c1[nH]c(=O)c(C(=O)O)c(O)c1C(C(C)(C)C)C2. The minimum absolute atomic E-state index is 0.235. The standard InChI is InChI=1S/C22H28N2O7/c1-22(2,3)12-9-11-10-13(31-8-6-7-29-4)20(30-5)24-16(11)17-14(12)18(25)15(21(27)28)19(26)23-17/h10,12H,6-9H2,1-5H3,(H,27,28)(H2,23,25,26). The Balaban J connectivity index is 2.20. The Bertz CT molecular complexity index is 1050. The zero-order valence-corrected chi connectivity index (χ0v) is 18.4. The van der Waals surface area contributed by atoms with Crippen molar-refractivity contribution in [1.82, 2.24) is 9.97 Å². The van der Waals surface area contributed by atoms with Crippen LogP contribution in [0.15, 0.2) is 10.9 Å². The first-order chi connectivity index (χ1) is 14.6. The first-order valence-corrected chi connectivity index (χ1v) is 10.0. The maximum atomic E-state index is 12.5. The summed E-state index contributed by atoms with van der Waals surface area (Å²) in [5, 5.41) is 20.2. The molecule has 0 saturated carbocycles. The quantitative estimate of drug-likeness (QED) is 0.569. The van der Waals surface area contributed by atoms with Crippen LogP contribution in [-0.2, 0) is 11.2 Å². The lowest BCUT2D eigenvalue weighted by Gasteiger charge is -2.36. The van der Waals surface area contributed by atoms with Crippen LogP contribution in [0.5, 0.6) is 17.4 Å². The molecule has 0 aliphatic heterocycles. The van der Waals surface area contributed by atoms with Crippen molar-refractivity contribution >= 4 is 5.97 Å². The minimum Gasteiger partial charge on any atom is -0.506 e. The third kappa shape index (κ3) is 4.23. The van der Waals surface area contributed by atoms with E-state index in [1.807, 2.05) is 26.8 Å². The average Bonchev–Trinajstić information content (AvgIpc) is 2.68. The highest BCUT2D eigenvalue weighted by Gasteiger charge is 2.39. The third-order valence-corrected chi connectivity index (χ3v) is 5.47. The Morgan fingerprint density at radius 2 is 2.00 bits per heavy atom. The van der Waals surface area contributed by atoms with Crippen LogP contribution in [0.25, 0.3) is 11.4 Å². The van der Waals surface area contributed by atoms with E-state index in [1.165, 1.54) is 7.11 Å². The first kappa shape index (κ1) is 22.6. The number of aromatic hydroxyl groups is 1. The second-order valence-corrected chi connectivity index (χ2v) is 8.59. The number of rotatable bonds is 7. The second kappa shape index (κ2) is 8.58. The Kier molecular flexibility index (Phi) is 6.26. The van der Waals surface area contributed by atoms with Gasteiger partial charge in [0.15, 0.2) is 11.3 Å². The van der Waals surface area contributed by atoms with Gasteiger partial charge in [-0.05, 0) is 29.4 Å². The summed E-state index contributed by atoms with van der Waals surface area (Å²) >= 11 is 0. The zero-order valence-electron chi connectivity index (χ0n) is 18.4. The highest BCUT2D eigenvalue weighted by atomic mass is 16.5. The number of aromatic nitrogens is 2. The molecule has 3 N–H and O–H groups in total. The van der Waals surface area contributed by atoms with E-state index >= 15 is 0 Å². The molecule has 0 fully saturated rings. The summed E-state index contributed by atoms with van der Waals surface area (Å²) in [5.41, 5.74) is 0.0378. The molecule has 0 bridgehead atoms. The van der Waals surface area contributed by atoms with Crippen molar-refractivity contribution < 1.29 is 29.2 Å². The molecular weight excluding hydrogens is 404 g/mol. The molecular formula is C22H28N2O7. The summed E-state index contributed by atoms with van der Waals surface area (Å²) in [5.74, 6) is -1.55. The predicted octanol–water partition coefficient (Wildman–Crippen LogP) is 2.95. The van der Waals surface area contributed by atoms with Crippen molar-refractivity contribution in [2.24, 2.45) is 5.41 Å². The van der Waals surface area contributed by atoms with Gasteiger partial charge in [0.05, 0.1) is 25.1 Å². The number of nitrogens with zero attached hydrogens (tertiary/aromatic N) is 1. The number of ether oxygens (including phenoxy) is 3. The summed E-state index contributed by atoms with van der Waals surface area (Å²) < 4.78 is 16.3. The summed E-state index contributed by atoms with van der Waals surface area (Å²) in [6.45, 7) is 6.97. The van der Waals surface area contributed by atoms with Gasteiger partial charge >= 0.3 is 5.97 Å². The first-order valence-electron chi connectivity index (χ1n) is 10.0. The Labute approximate surface area is 180 Å². The predicted molar refractivity (Wildman–Crippen MR) is 113 cm³/mol. The fourth-order valence-corrected chi connectivity index (χ4v) is 3.91. The van der Waals surface area contributed by atoms with Crippen LogP contribution in [0.2, 0.25) is 0 Å². The molecule has 168 valence electrons. The fourth-order valence-electron chi connectivity index (χ4n) is 3.91. The number of carbonyl (C=O) groups is 1. The molecule has 3 rings (SSSR count). The normalized spacial score (nSPS) is 15.2. The minimum atomic E-state index is -1.48. The van der Waals surface area contributed by atoms with Crippen molar-refractivity contribution in [2.75, 3.05) is 27.4 Å². The van der Waals surface area contributed by atoms with Crippen LogP contribution in [0, 0.1) is 5.41 Å². The highest BCUT2D eigenvalue weighted by molar-refractivity contribution is 5.92. The van der Waals surface area contributed by atoms with Gasteiger partial charge in [-0.1, -0.05) is 20.8 Å². The van der Waals surface area contributed by atoms with Gasteiger partial charge in [0.25, 0.3) is 11.4 Å². The smallest absolute Gasteiger partial charge is 0.345 e. The van der Waals surface area contributed by atoms with Gasteiger partial charge in [-0.25, -0.2) is 9.78 Å². The molecule has 2 heterocycles. The van der Waals surface area contributed by atoms with Crippen LogP contribution in [0.3, 0.4) is 0 Å². The van der Waals surface area contributed by atoms with E-state index in [0.29, 0.717) is 48.8 Å². The molecule has 0 aromatic carbocycles. The number of carboxylic acid groups (broad SMARTS) is 1. The van der Waals surface area contributed by atoms with E-state index in [9.17, 15) is 19.8 Å². The second-order valence-electron chi connectivity index (χ2n) is 8.59. The Morgan fingerprint density at radius 3 is 2.58 bits per heavy atom. The summed E-state index contributed by atoms with van der Waals surface area (Å²) in [7, 11) is 3.09. The van der Waals surface area contributed by atoms with Gasteiger partial charge in [-0.3, -0.25) is 4.79 Å². The molecule has 1 atom stereocenters. The van der Waals surface area contributed by atoms with Gasteiger partial charge < -0.3 is 29.4 Å². The van der Waals surface area contributed by atoms with Crippen molar-refractivity contribution in [1.29, 1.82) is 0 Å². The molecule has 0 saturated heterocycles. The van der Waals surface area contributed by atoms with Crippen molar-refractivity contribution in [3.05, 3.63) is 33.1 Å². The number of H-pyrrole nitrogens is 1. The number of hydrogen-bond donors (Lipinski definition) is 3. The van der Waals surface area contributed by atoms with E-state index in [2.05, 4.69) is 9.97 Å². The number of aromatic carboxylic acids is 1. The van der Waals surface area contributed by atoms with Gasteiger partial charge in [-0.15, -0.1) is 0 Å². The lowest BCUT2D eigenvalue weighted by molar-refractivity contribution is 0.0691. The lowest BCUT2D eigenvalue weighted by atomic mass is 9.69. The molecule has 1 aliphatic carbocycles. The largest absolute Gasteiger partial charge is 0.506 e. The van der Waals surface area contributed by atoms with Crippen LogP contribution < -0.4 is 15.0 Å². The molecule has 0 spiro atoms. The maximum Gasteiger partial charge on any atom is 0.345 e. The van der Waals surface area contributed by atoms with Crippen LogP contribution in [0.4, 0.5) is 0 Å². The average molecular weight is 432 g/mol. The van der Waals surface area contributed by atoms with E-state index in [4.69, 9.17) is 14.2 Å². The molecule has 0 radical (unpaired) electrons. The molecule has 1 aliphatic rings. The number of carboxylic acids is 1. The number of hydrogen-bond acceptors (Lipinski definition) is 7. The molecule has 9 heteroatoms. The van der Waals surface area contributed by atoms with Crippen LogP contribution in [0.1, 0.15) is 54.6 Å². The van der Waals surface area contributed by atoms with Crippen molar-refractivity contribution in [2.45, 2.75) is 39.5 Å². The molecule has 31 heavy (non-hydrogen) atoms. The van der Waals surface area contributed by atoms with Gasteiger partial charge in [-0.2, -0.15) is 0 Å². The van der Waals surface area contributed by atoms with E-state index in [0.717, 1.165) is 5.56 Å². The molecule has 0 amide bonds. The molecule has 2 aromatic heterocycles. The molecule has 2 aromatic rings. The van der Waals surface area contributed by atoms with E-state index in [1.54, 1.807) is 7.11 Å². The number of fused-ring (bicyclic) bond motifs is 3. The van der Waals surface area contributed by atoms with Crippen molar-refractivity contribution in [3.63, 3.8) is 0 Å². The van der Waals surface area contributed by atoms with Crippen LogP contribution in [-0.4, -0.2) is 53.6 Å². The Hall–Kier alpha value is -3.07. The van der Waals surface area contributed by atoms with E-state index in [-0.39, 0.29) is 17.2 Å². The monoisotopic (exact) mass is 432 g/mol. The number of nitrogens with one attached hydrogen (secondary N) is 1. The van der Waals surface area contributed by atoms with Gasteiger partial charge in [0, 0.05) is 25.7 Å². The van der Waals surface area contributed by atoms with E-state index < -0.39 is 22.8 Å². The summed E-state index contributed by atoms with van der Waals surface area (Å²) in [4.78, 5) is 31.2. The third-order valence-electron chi connectivity index (χ3n) is 5.47. The van der Waals surface area contributed by atoms with Crippen molar-refractivity contribution in [3.8, 4) is 28.8 Å².